The van der Waals surface area contributed by atoms with Gasteiger partial charge in [0.05, 0.1) is 12.8 Å². The Hall–Kier alpha value is -2.28. The number of rotatable bonds is 5. The molecule has 0 bridgehead atoms. The highest BCUT2D eigenvalue weighted by atomic mass is 16.5. The molecule has 1 aromatic rings. The number of carbonyl (C=O) groups excluding carboxylic acids is 2. The van der Waals surface area contributed by atoms with Crippen molar-refractivity contribution < 1.29 is 14.3 Å². The van der Waals surface area contributed by atoms with E-state index in [1.807, 2.05) is 6.92 Å². The number of hydrogen-bond donors (Lipinski definition) is 2. The summed E-state index contributed by atoms with van der Waals surface area (Å²) in [7, 11) is 1.55. The van der Waals surface area contributed by atoms with Crippen molar-refractivity contribution in [3.63, 3.8) is 0 Å². The number of urea groups is 2. The Morgan fingerprint density at radius 1 is 1.29 bits per heavy atom. The van der Waals surface area contributed by atoms with E-state index in [1.54, 1.807) is 31.4 Å². The number of carbonyl (C=O) groups is 2. The summed E-state index contributed by atoms with van der Waals surface area (Å²) in [5.74, 6) is 6.46. The molecule has 1 aromatic carbocycles. The first-order valence-electron chi connectivity index (χ1n) is 6.91. The number of unbranched alkanes of at least 4 members (excludes halogenated alkanes) is 1. The summed E-state index contributed by atoms with van der Waals surface area (Å²) >= 11 is 0. The fourth-order valence-electron chi connectivity index (χ4n) is 2.18. The molecule has 0 aromatic heterocycles. The van der Waals surface area contributed by atoms with Crippen molar-refractivity contribution in [2.45, 2.75) is 32.4 Å². The molecule has 1 heterocycles. The third kappa shape index (κ3) is 3.08. The second-order valence-electron chi connectivity index (χ2n) is 4.83. The molecule has 4 amide bonds. The van der Waals surface area contributed by atoms with Gasteiger partial charge in [-0.05, 0) is 37.1 Å². The normalized spacial score (nSPS) is 18.7. The Balaban J connectivity index is 2.17. The van der Waals surface area contributed by atoms with Gasteiger partial charge in [0, 0.05) is 0 Å². The SMILES string of the molecule is CCCCC1NC(=O)N(c2ccc(OC)cc2)C(=O)N1N. The molecule has 0 saturated carbocycles. The van der Waals surface area contributed by atoms with Crippen molar-refractivity contribution in [1.29, 1.82) is 0 Å². The molecule has 114 valence electrons. The molecule has 0 aliphatic carbocycles. The fraction of sp³-hybridized carbons (Fsp3) is 0.429. The minimum Gasteiger partial charge on any atom is -0.497 e. The number of benzene rings is 1. The molecule has 0 radical (unpaired) electrons. The molecule has 1 atom stereocenters. The van der Waals surface area contributed by atoms with E-state index in [-0.39, 0.29) is 0 Å². The highest BCUT2D eigenvalue weighted by Gasteiger charge is 2.37. The van der Waals surface area contributed by atoms with Crippen molar-refractivity contribution in [3.05, 3.63) is 24.3 Å². The maximum Gasteiger partial charge on any atom is 0.348 e. The molecule has 1 aliphatic heterocycles. The van der Waals surface area contributed by atoms with Crippen molar-refractivity contribution in [2.75, 3.05) is 12.0 Å². The third-order valence-corrected chi connectivity index (χ3v) is 3.40. The van der Waals surface area contributed by atoms with Crippen LogP contribution in [-0.4, -0.2) is 30.3 Å². The second kappa shape index (κ2) is 6.45. The van der Waals surface area contributed by atoms with Crippen LogP contribution in [0.3, 0.4) is 0 Å². The zero-order chi connectivity index (χ0) is 15.4. The smallest absolute Gasteiger partial charge is 0.348 e. The van der Waals surface area contributed by atoms with Crippen LogP contribution in [0.25, 0.3) is 0 Å². The molecule has 0 spiro atoms. The van der Waals surface area contributed by atoms with Gasteiger partial charge in [-0.1, -0.05) is 13.3 Å². The molecule has 7 nitrogen and oxygen atoms in total. The van der Waals surface area contributed by atoms with Crippen LogP contribution in [-0.2, 0) is 0 Å². The Kier molecular flexibility index (Phi) is 4.64. The molecule has 21 heavy (non-hydrogen) atoms. The van der Waals surface area contributed by atoms with E-state index in [1.165, 1.54) is 0 Å². The van der Waals surface area contributed by atoms with Crippen molar-refractivity contribution in [1.82, 2.24) is 10.3 Å². The third-order valence-electron chi connectivity index (χ3n) is 3.40. The lowest BCUT2D eigenvalue weighted by Crippen LogP contribution is -2.67. The number of imide groups is 1. The summed E-state index contributed by atoms with van der Waals surface area (Å²) in [5.41, 5.74) is 0.447. The lowest BCUT2D eigenvalue weighted by atomic mass is 10.2. The fourth-order valence-corrected chi connectivity index (χ4v) is 2.18. The average molecular weight is 292 g/mol. The van der Waals surface area contributed by atoms with E-state index in [0.717, 1.165) is 22.8 Å². The predicted octanol–water partition coefficient (Wildman–Crippen LogP) is 2.04. The number of nitrogens with two attached hydrogens (primary N) is 1. The monoisotopic (exact) mass is 292 g/mol. The summed E-state index contributed by atoms with van der Waals surface area (Å²) in [5, 5.41) is 3.82. The van der Waals surface area contributed by atoms with Crippen molar-refractivity contribution >= 4 is 17.7 Å². The summed E-state index contributed by atoms with van der Waals surface area (Å²) in [6, 6.07) is 5.63. The first-order valence-corrected chi connectivity index (χ1v) is 6.91. The van der Waals surface area contributed by atoms with E-state index in [9.17, 15) is 9.59 Å². The minimum absolute atomic E-state index is 0.447. The Bertz CT molecular complexity index is 517. The maximum atomic E-state index is 12.3. The quantitative estimate of drug-likeness (QED) is 0.642. The van der Waals surface area contributed by atoms with Crippen LogP contribution in [0.2, 0.25) is 0 Å². The van der Waals surface area contributed by atoms with E-state index in [4.69, 9.17) is 10.6 Å². The molecule has 1 unspecified atom stereocenters. The molecule has 7 heteroatoms. The number of nitrogens with one attached hydrogen (secondary N) is 1. The van der Waals surface area contributed by atoms with Crippen LogP contribution in [0.1, 0.15) is 26.2 Å². The zero-order valence-electron chi connectivity index (χ0n) is 12.2. The molecule has 1 fully saturated rings. The molecular formula is C14H20N4O3. The highest BCUT2D eigenvalue weighted by molar-refractivity contribution is 6.15. The second-order valence-corrected chi connectivity index (χ2v) is 4.83. The van der Waals surface area contributed by atoms with E-state index in [0.29, 0.717) is 17.9 Å². The maximum absolute atomic E-state index is 12.3. The summed E-state index contributed by atoms with van der Waals surface area (Å²) in [4.78, 5) is 25.5. The number of amides is 4. The van der Waals surface area contributed by atoms with Gasteiger partial charge < -0.3 is 10.1 Å². The highest BCUT2D eigenvalue weighted by Crippen LogP contribution is 2.23. The Labute approximate surface area is 123 Å². The van der Waals surface area contributed by atoms with Crippen LogP contribution in [0.5, 0.6) is 5.75 Å². The van der Waals surface area contributed by atoms with Gasteiger partial charge in [-0.2, -0.15) is 0 Å². The zero-order valence-corrected chi connectivity index (χ0v) is 12.2. The van der Waals surface area contributed by atoms with Crippen LogP contribution in [0.15, 0.2) is 24.3 Å². The topological polar surface area (TPSA) is 87.9 Å². The summed E-state index contributed by atoms with van der Waals surface area (Å²) in [6.45, 7) is 2.04. The number of anilines is 1. The van der Waals surface area contributed by atoms with Crippen molar-refractivity contribution in [3.8, 4) is 5.75 Å². The number of hydrogen-bond acceptors (Lipinski definition) is 4. The van der Waals surface area contributed by atoms with Gasteiger partial charge in [0.2, 0.25) is 0 Å². The van der Waals surface area contributed by atoms with E-state index in [2.05, 4.69) is 5.32 Å². The number of nitrogens with zero attached hydrogens (tertiary/aromatic N) is 2. The number of ether oxygens (including phenoxy) is 1. The minimum atomic E-state index is -0.537. The van der Waals surface area contributed by atoms with Crippen LogP contribution in [0, 0.1) is 0 Å². The van der Waals surface area contributed by atoms with Crippen LogP contribution < -0.4 is 20.8 Å². The first kappa shape index (κ1) is 15.1. The van der Waals surface area contributed by atoms with Gasteiger partial charge in [0.25, 0.3) is 0 Å². The lowest BCUT2D eigenvalue weighted by Gasteiger charge is -2.38. The molecule has 1 saturated heterocycles. The Morgan fingerprint density at radius 2 is 1.95 bits per heavy atom. The average Bonchev–Trinajstić information content (AvgIpc) is 2.50. The van der Waals surface area contributed by atoms with Gasteiger partial charge >= 0.3 is 12.1 Å². The van der Waals surface area contributed by atoms with Crippen LogP contribution in [0.4, 0.5) is 15.3 Å². The number of methoxy groups -OCH3 is 1. The summed E-state index contributed by atoms with van der Waals surface area (Å²) < 4.78 is 5.05. The predicted molar refractivity (Wildman–Crippen MR) is 78.7 cm³/mol. The standard InChI is InChI=1S/C14H20N4O3/c1-3-4-5-12-16-13(19)17(14(20)18(12)15)10-6-8-11(21-2)9-7-10/h6-9,12H,3-5,15H2,1-2H3,(H,16,19). The van der Waals surface area contributed by atoms with Gasteiger partial charge in [-0.15, -0.1) is 0 Å². The number of hydrazine groups is 1. The molecule has 1 aliphatic rings. The van der Waals surface area contributed by atoms with E-state index < -0.39 is 18.2 Å². The largest absolute Gasteiger partial charge is 0.497 e. The lowest BCUT2D eigenvalue weighted by molar-refractivity contribution is 0.148. The molecule has 2 rings (SSSR count). The van der Waals surface area contributed by atoms with Gasteiger partial charge in [0.1, 0.15) is 11.9 Å². The van der Waals surface area contributed by atoms with E-state index >= 15 is 0 Å². The first-order chi connectivity index (χ1) is 10.1. The molecule has 3 N–H and O–H groups in total. The van der Waals surface area contributed by atoms with Crippen LogP contribution >= 0.6 is 0 Å². The summed E-state index contributed by atoms with van der Waals surface area (Å²) in [6.07, 6.45) is 2.03. The Morgan fingerprint density at radius 3 is 2.52 bits per heavy atom. The van der Waals surface area contributed by atoms with Gasteiger partial charge in [-0.3, -0.25) is 0 Å². The van der Waals surface area contributed by atoms with Gasteiger partial charge in [-0.25, -0.2) is 25.3 Å². The van der Waals surface area contributed by atoms with Crippen molar-refractivity contribution in [2.24, 2.45) is 5.84 Å². The molecular weight excluding hydrogens is 272 g/mol. The van der Waals surface area contributed by atoms with Gasteiger partial charge in [0.15, 0.2) is 0 Å².